The zero-order chi connectivity index (χ0) is 18.1. The van der Waals surface area contributed by atoms with E-state index in [1.165, 1.54) is 0 Å². The van der Waals surface area contributed by atoms with E-state index in [2.05, 4.69) is 10.3 Å². The third-order valence-corrected chi connectivity index (χ3v) is 4.50. The summed E-state index contributed by atoms with van der Waals surface area (Å²) in [6.45, 7) is 1.30. The first-order valence-electron chi connectivity index (χ1n) is 8.49. The van der Waals surface area contributed by atoms with Crippen LogP contribution in [0.15, 0.2) is 24.4 Å². The third-order valence-electron chi connectivity index (χ3n) is 4.50. The molecule has 26 heavy (non-hydrogen) atoms. The molecule has 0 aliphatic carbocycles. The lowest BCUT2D eigenvalue weighted by molar-refractivity contribution is -0.119. The lowest BCUT2D eigenvalue weighted by atomic mass is 10.1. The second kappa shape index (κ2) is 6.80. The summed E-state index contributed by atoms with van der Waals surface area (Å²) in [5, 5.41) is 4.35. The molecule has 0 saturated carbocycles. The molecule has 0 spiro atoms. The van der Waals surface area contributed by atoms with Crippen LogP contribution in [0.2, 0.25) is 0 Å². The Hall–Kier alpha value is -2.87. The molecular weight excluding hydrogens is 338 g/mol. The number of nitrogens with one attached hydrogen (secondary N) is 1. The SMILES string of the molecule is NC(=O)c1cc2ccnc(OCC3CCC(=O)N3)c2cc1OC1COC1. The Labute approximate surface area is 149 Å². The van der Waals surface area contributed by atoms with Gasteiger partial charge in [0.05, 0.1) is 24.8 Å². The van der Waals surface area contributed by atoms with Crippen LogP contribution in [0.5, 0.6) is 11.6 Å². The number of rotatable bonds is 6. The molecule has 8 nitrogen and oxygen atoms in total. The molecule has 0 bridgehead atoms. The molecule has 2 fully saturated rings. The molecule has 1 aromatic heterocycles. The van der Waals surface area contributed by atoms with Gasteiger partial charge in [-0.15, -0.1) is 0 Å². The number of pyridine rings is 1. The Balaban J connectivity index is 1.63. The number of hydrogen-bond donors (Lipinski definition) is 2. The van der Waals surface area contributed by atoms with Gasteiger partial charge in [0, 0.05) is 18.0 Å². The van der Waals surface area contributed by atoms with Crippen molar-refractivity contribution < 1.29 is 23.8 Å². The van der Waals surface area contributed by atoms with E-state index in [9.17, 15) is 9.59 Å². The summed E-state index contributed by atoms with van der Waals surface area (Å²) in [4.78, 5) is 27.4. The molecule has 1 unspecified atom stereocenters. The predicted molar refractivity (Wildman–Crippen MR) is 92.2 cm³/mol. The van der Waals surface area contributed by atoms with Crippen molar-refractivity contribution in [2.24, 2.45) is 5.73 Å². The molecular formula is C18H19N3O5. The Morgan fingerprint density at radius 3 is 2.88 bits per heavy atom. The zero-order valence-electron chi connectivity index (χ0n) is 14.1. The average molecular weight is 357 g/mol. The van der Waals surface area contributed by atoms with Crippen LogP contribution in [-0.4, -0.2) is 48.8 Å². The van der Waals surface area contributed by atoms with Crippen LogP contribution in [0.25, 0.3) is 10.8 Å². The first-order valence-corrected chi connectivity index (χ1v) is 8.49. The minimum absolute atomic E-state index is 0.0210. The highest BCUT2D eigenvalue weighted by atomic mass is 16.6. The van der Waals surface area contributed by atoms with Crippen molar-refractivity contribution in [1.29, 1.82) is 0 Å². The average Bonchev–Trinajstić information content (AvgIpc) is 3.00. The van der Waals surface area contributed by atoms with E-state index in [-0.39, 0.29) is 18.1 Å². The number of hydrogen-bond acceptors (Lipinski definition) is 6. The fourth-order valence-corrected chi connectivity index (χ4v) is 3.02. The normalized spacial score (nSPS) is 19.8. The van der Waals surface area contributed by atoms with Crippen LogP contribution in [0.1, 0.15) is 23.2 Å². The maximum atomic E-state index is 11.8. The Morgan fingerprint density at radius 1 is 1.38 bits per heavy atom. The van der Waals surface area contributed by atoms with Gasteiger partial charge < -0.3 is 25.3 Å². The molecule has 2 amide bonds. The lowest BCUT2D eigenvalue weighted by Gasteiger charge is -2.27. The molecule has 1 aromatic carbocycles. The first-order chi connectivity index (χ1) is 12.6. The van der Waals surface area contributed by atoms with Gasteiger partial charge in [-0.25, -0.2) is 4.98 Å². The molecule has 2 saturated heterocycles. The topological polar surface area (TPSA) is 113 Å². The third kappa shape index (κ3) is 3.28. The number of aromatic nitrogens is 1. The van der Waals surface area contributed by atoms with Gasteiger partial charge in [0.2, 0.25) is 11.8 Å². The fraction of sp³-hybridized carbons (Fsp3) is 0.389. The second-order valence-corrected chi connectivity index (χ2v) is 6.44. The summed E-state index contributed by atoms with van der Waals surface area (Å²) in [6, 6.07) is 5.16. The highest BCUT2D eigenvalue weighted by Gasteiger charge is 2.24. The van der Waals surface area contributed by atoms with E-state index in [4.69, 9.17) is 19.9 Å². The van der Waals surface area contributed by atoms with Crippen molar-refractivity contribution >= 4 is 22.6 Å². The fourth-order valence-electron chi connectivity index (χ4n) is 3.02. The zero-order valence-corrected chi connectivity index (χ0v) is 14.1. The van der Waals surface area contributed by atoms with E-state index in [0.717, 1.165) is 17.2 Å². The van der Waals surface area contributed by atoms with Crippen molar-refractivity contribution in [1.82, 2.24) is 10.3 Å². The molecule has 3 N–H and O–H groups in total. The number of primary amides is 1. The van der Waals surface area contributed by atoms with Crippen LogP contribution >= 0.6 is 0 Å². The number of nitrogens with two attached hydrogens (primary N) is 1. The number of benzene rings is 1. The van der Waals surface area contributed by atoms with Crippen molar-refractivity contribution in [3.8, 4) is 11.6 Å². The number of carbonyl (C=O) groups excluding carboxylic acids is 2. The van der Waals surface area contributed by atoms with Crippen LogP contribution < -0.4 is 20.5 Å². The molecule has 2 aliphatic heterocycles. The van der Waals surface area contributed by atoms with Crippen molar-refractivity contribution in [2.45, 2.75) is 25.0 Å². The highest BCUT2D eigenvalue weighted by molar-refractivity contribution is 6.01. The standard InChI is InChI=1S/C18H19N3O5/c19-17(23)14-5-10-3-4-20-18(25-7-11-1-2-16(22)21-11)13(10)6-15(14)26-12-8-24-9-12/h3-6,11-12H,1-2,7-9H2,(H2,19,23)(H,21,22). The minimum atomic E-state index is -0.560. The maximum absolute atomic E-state index is 11.8. The highest BCUT2D eigenvalue weighted by Crippen LogP contribution is 2.32. The van der Waals surface area contributed by atoms with Crippen LogP contribution in [-0.2, 0) is 9.53 Å². The predicted octanol–water partition coefficient (Wildman–Crippen LogP) is 0.769. The van der Waals surface area contributed by atoms with Gasteiger partial charge in [0.1, 0.15) is 18.5 Å². The van der Waals surface area contributed by atoms with Gasteiger partial charge in [0.15, 0.2) is 0 Å². The number of carbonyl (C=O) groups is 2. The Morgan fingerprint density at radius 2 is 2.23 bits per heavy atom. The summed E-state index contributed by atoms with van der Waals surface area (Å²) >= 11 is 0. The van der Waals surface area contributed by atoms with E-state index in [1.807, 2.05) is 0 Å². The van der Waals surface area contributed by atoms with Crippen molar-refractivity contribution in [3.63, 3.8) is 0 Å². The van der Waals surface area contributed by atoms with Gasteiger partial charge in [-0.1, -0.05) is 0 Å². The first kappa shape index (κ1) is 16.6. The summed E-state index contributed by atoms with van der Waals surface area (Å²) in [7, 11) is 0. The van der Waals surface area contributed by atoms with Crippen LogP contribution in [0, 0.1) is 0 Å². The smallest absolute Gasteiger partial charge is 0.252 e. The molecule has 2 aromatic rings. The number of amides is 2. The van der Waals surface area contributed by atoms with Crippen molar-refractivity contribution in [3.05, 3.63) is 30.0 Å². The van der Waals surface area contributed by atoms with E-state index >= 15 is 0 Å². The van der Waals surface area contributed by atoms with Gasteiger partial charge >= 0.3 is 0 Å². The Bertz CT molecular complexity index is 865. The number of fused-ring (bicyclic) bond motifs is 1. The monoisotopic (exact) mass is 357 g/mol. The Kier molecular flexibility index (Phi) is 4.34. The van der Waals surface area contributed by atoms with Gasteiger partial charge in [-0.3, -0.25) is 9.59 Å². The summed E-state index contributed by atoms with van der Waals surface area (Å²) < 4.78 is 16.8. The molecule has 2 aliphatic rings. The molecule has 8 heteroatoms. The molecule has 1 atom stereocenters. The van der Waals surface area contributed by atoms with Crippen molar-refractivity contribution in [2.75, 3.05) is 19.8 Å². The van der Waals surface area contributed by atoms with Gasteiger partial charge in [-0.05, 0) is 30.0 Å². The molecule has 3 heterocycles. The van der Waals surface area contributed by atoms with E-state index in [0.29, 0.717) is 43.4 Å². The van der Waals surface area contributed by atoms with Gasteiger partial charge in [0.25, 0.3) is 5.91 Å². The van der Waals surface area contributed by atoms with E-state index in [1.54, 1.807) is 24.4 Å². The number of nitrogens with zero attached hydrogens (tertiary/aromatic N) is 1. The largest absolute Gasteiger partial charge is 0.485 e. The molecule has 0 radical (unpaired) electrons. The van der Waals surface area contributed by atoms with Crippen LogP contribution in [0.3, 0.4) is 0 Å². The second-order valence-electron chi connectivity index (χ2n) is 6.44. The maximum Gasteiger partial charge on any atom is 0.252 e. The minimum Gasteiger partial charge on any atom is -0.485 e. The van der Waals surface area contributed by atoms with Gasteiger partial charge in [-0.2, -0.15) is 0 Å². The lowest BCUT2D eigenvalue weighted by Crippen LogP contribution is -2.39. The quantitative estimate of drug-likeness (QED) is 0.789. The summed E-state index contributed by atoms with van der Waals surface area (Å²) in [6.07, 6.45) is 2.77. The summed E-state index contributed by atoms with van der Waals surface area (Å²) in [5.74, 6) is 0.295. The van der Waals surface area contributed by atoms with Crippen LogP contribution in [0.4, 0.5) is 0 Å². The summed E-state index contributed by atoms with van der Waals surface area (Å²) in [5.41, 5.74) is 5.81. The molecule has 136 valence electrons. The number of ether oxygens (including phenoxy) is 3. The van der Waals surface area contributed by atoms with E-state index < -0.39 is 5.91 Å². The molecule has 4 rings (SSSR count).